The van der Waals surface area contributed by atoms with Crippen LogP contribution in [0, 0.1) is 0 Å². The number of carbonyl (C=O) groups is 1. The highest BCUT2D eigenvalue weighted by Gasteiger charge is 2.38. The quantitative estimate of drug-likeness (QED) is 0.571. The molecule has 3 nitrogen and oxygen atoms in total. The van der Waals surface area contributed by atoms with E-state index in [2.05, 4.69) is 33.9 Å². The zero-order valence-electron chi connectivity index (χ0n) is 12.6. The van der Waals surface area contributed by atoms with Gasteiger partial charge in [-0.15, -0.1) is 0 Å². The second-order valence-corrected chi connectivity index (χ2v) is 10.9. The first-order chi connectivity index (χ1) is 8.14. The molecule has 106 valence electrons. The van der Waals surface area contributed by atoms with Gasteiger partial charge in [-0.2, -0.15) is 0 Å². The number of rotatable bonds is 7. The molecule has 0 saturated carbocycles. The summed E-state index contributed by atoms with van der Waals surface area (Å²) in [5.41, 5.74) is 0. The van der Waals surface area contributed by atoms with Gasteiger partial charge >= 0.3 is 0 Å². The van der Waals surface area contributed by atoms with Gasteiger partial charge in [0.05, 0.1) is 12.7 Å². The molecule has 0 heterocycles. The molecule has 0 aromatic carbocycles. The van der Waals surface area contributed by atoms with Crippen LogP contribution in [0.4, 0.5) is 0 Å². The third-order valence-corrected chi connectivity index (χ3v) is 8.04. The Morgan fingerprint density at radius 3 is 2.33 bits per heavy atom. The Morgan fingerprint density at radius 1 is 1.39 bits per heavy atom. The summed E-state index contributed by atoms with van der Waals surface area (Å²) in [6, 6.07) is 0. The van der Waals surface area contributed by atoms with Crippen molar-refractivity contribution >= 4 is 14.1 Å². The molecule has 0 aromatic rings. The lowest BCUT2D eigenvalue weighted by molar-refractivity contribution is -0.119. The molecule has 1 atom stereocenters. The lowest BCUT2D eigenvalue weighted by Gasteiger charge is -2.38. The van der Waals surface area contributed by atoms with Gasteiger partial charge in [0.15, 0.2) is 8.32 Å². The van der Waals surface area contributed by atoms with Crippen molar-refractivity contribution in [3.63, 3.8) is 0 Å². The first-order valence-electron chi connectivity index (χ1n) is 6.61. The molecule has 0 spiro atoms. The van der Waals surface area contributed by atoms with Crippen LogP contribution in [0.3, 0.4) is 0 Å². The maximum atomic E-state index is 11.6. The van der Waals surface area contributed by atoms with E-state index in [1.807, 2.05) is 13.0 Å². The van der Waals surface area contributed by atoms with Crippen molar-refractivity contribution in [3.8, 4) is 0 Å². The largest absolute Gasteiger partial charge is 0.410 e. The van der Waals surface area contributed by atoms with Gasteiger partial charge in [-0.05, 0) is 18.1 Å². The second-order valence-electron chi connectivity index (χ2n) is 6.12. The number of aliphatic hydroxyl groups is 1. The summed E-state index contributed by atoms with van der Waals surface area (Å²) in [4.78, 5) is 11.6. The molecular formula is C14H28O3Si. The van der Waals surface area contributed by atoms with Crippen LogP contribution in [0.5, 0.6) is 0 Å². The molecule has 0 aliphatic heterocycles. The van der Waals surface area contributed by atoms with E-state index in [1.165, 1.54) is 0 Å². The van der Waals surface area contributed by atoms with Gasteiger partial charge in [-0.1, -0.05) is 39.8 Å². The minimum Gasteiger partial charge on any atom is -0.410 e. The molecule has 0 aliphatic rings. The molecule has 0 rings (SSSR count). The normalized spacial score (nSPS) is 15.1. The highest BCUT2D eigenvalue weighted by atomic mass is 28.4. The van der Waals surface area contributed by atoms with Gasteiger partial charge in [0.2, 0.25) is 0 Å². The lowest BCUT2D eigenvalue weighted by atomic mass is 10.1. The third kappa shape index (κ3) is 5.93. The van der Waals surface area contributed by atoms with Crippen LogP contribution in [0.1, 0.15) is 40.5 Å². The molecule has 0 radical (unpaired) electrons. The van der Waals surface area contributed by atoms with Crippen LogP contribution >= 0.6 is 0 Å². The molecule has 0 saturated heterocycles. The molecular weight excluding hydrogens is 244 g/mol. The number of Topliss-reactive ketones (excluding diaryl/α,β-unsaturated/α-hetero) is 1. The highest BCUT2D eigenvalue weighted by Crippen LogP contribution is 2.37. The van der Waals surface area contributed by atoms with Crippen LogP contribution in [0.2, 0.25) is 18.1 Å². The first-order valence-corrected chi connectivity index (χ1v) is 9.52. The van der Waals surface area contributed by atoms with Gasteiger partial charge in [-0.3, -0.25) is 4.79 Å². The van der Waals surface area contributed by atoms with Crippen molar-refractivity contribution in [2.45, 2.75) is 64.8 Å². The van der Waals surface area contributed by atoms with Crippen LogP contribution in [-0.2, 0) is 9.22 Å². The molecule has 0 fully saturated rings. The Labute approximate surface area is 112 Å². The summed E-state index contributed by atoms with van der Waals surface area (Å²) in [7, 11) is -1.88. The van der Waals surface area contributed by atoms with Crippen LogP contribution in [0.15, 0.2) is 12.2 Å². The fourth-order valence-corrected chi connectivity index (χ4v) is 2.56. The molecule has 1 N–H and O–H groups in total. The topological polar surface area (TPSA) is 46.5 Å². The zero-order valence-corrected chi connectivity index (χ0v) is 13.6. The molecule has 0 amide bonds. The Kier molecular flexibility index (Phi) is 7.03. The summed E-state index contributed by atoms with van der Waals surface area (Å²) in [5, 5.41) is 8.97. The Hall–Kier alpha value is -0.453. The standard InChI is InChI=1S/C14H28O3Si/c1-7-12(16)11-13(9-8-10-15)17-18(5,6)14(2,3)4/h8-9,13,15H,7,10-11H2,1-6H3/b9-8+/t13-/m0/s1. The minimum absolute atomic E-state index is 0.0162. The summed E-state index contributed by atoms with van der Waals surface area (Å²) < 4.78 is 6.20. The molecule has 0 aromatic heterocycles. The van der Waals surface area contributed by atoms with Crippen LogP contribution < -0.4 is 0 Å². The van der Waals surface area contributed by atoms with Crippen LogP contribution in [0.25, 0.3) is 0 Å². The summed E-state index contributed by atoms with van der Waals surface area (Å²) >= 11 is 0. The number of hydrogen-bond donors (Lipinski definition) is 1. The predicted octanol–water partition coefficient (Wildman–Crippen LogP) is 3.29. The van der Waals surface area contributed by atoms with Gasteiger partial charge < -0.3 is 9.53 Å². The van der Waals surface area contributed by atoms with Crippen molar-refractivity contribution in [1.82, 2.24) is 0 Å². The second kappa shape index (κ2) is 7.21. The number of carbonyl (C=O) groups excluding carboxylic acids is 1. The smallest absolute Gasteiger partial charge is 0.192 e. The average Bonchev–Trinajstić information content (AvgIpc) is 2.23. The van der Waals surface area contributed by atoms with Crippen molar-refractivity contribution in [3.05, 3.63) is 12.2 Å². The maximum absolute atomic E-state index is 11.6. The average molecular weight is 272 g/mol. The Morgan fingerprint density at radius 2 is 1.94 bits per heavy atom. The Balaban J connectivity index is 4.78. The van der Waals surface area contributed by atoms with E-state index in [0.29, 0.717) is 12.8 Å². The van der Waals surface area contributed by atoms with E-state index in [1.54, 1.807) is 6.08 Å². The molecule has 0 aliphatic carbocycles. The number of hydrogen-bond acceptors (Lipinski definition) is 3. The first kappa shape index (κ1) is 17.5. The predicted molar refractivity (Wildman–Crippen MR) is 78.2 cm³/mol. The van der Waals surface area contributed by atoms with E-state index >= 15 is 0 Å². The van der Waals surface area contributed by atoms with E-state index < -0.39 is 8.32 Å². The van der Waals surface area contributed by atoms with Gasteiger partial charge in [0.25, 0.3) is 0 Å². The van der Waals surface area contributed by atoms with Gasteiger partial charge in [0.1, 0.15) is 5.78 Å². The fraction of sp³-hybridized carbons (Fsp3) is 0.786. The van der Waals surface area contributed by atoms with Crippen LogP contribution in [-0.4, -0.2) is 31.9 Å². The van der Waals surface area contributed by atoms with Crippen molar-refractivity contribution < 1.29 is 14.3 Å². The van der Waals surface area contributed by atoms with E-state index in [-0.39, 0.29) is 23.5 Å². The third-order valence-electron chi connectivity index (χ3n) is 3.53. The fourth-order valence-electron chi connectivity index (χ4n) is 1.29. The van der Waals surface area contributed by atoms with E-state index in [4.69, 9.17) is 9.53 Å². The van der Waals surface area contributed by atoms with E-state index in [0.717, 1.165) is 0 Å². The summed E-state index contributed by atoms with van der Waals surface area (Å²) in [6.07, 6.45) is 4.20. The lowest BCUT2D eigenvalue weighted by Crippen LogP contribution is -2.44. The number of aliphatic hydroxyl groups excluding tert-OH is 1. The Bertz CT molecular complexity index is 290. The monoisotopic (exact) mass is 272 g/mol. The number of ketones is 1. The molecule has 0 unspecified atom stereocenters. The minimum atomic E-state index is -1.88. The highest BCUT2D eigenvalue weighted by molar-refractivity contribution is 6.74. The molecule has 0 bridgehead atoms. The SMILES string of the molecule is CCC(=O)C[C@H](/C=C/CO)O[Si](C)(C)C(C)(C)C. The summed E-state index contributed by atoms with van der Waals surface area (Å²) in [5.74, 6) is 0.196. The van der Waals surface area contributed by atoms with Crippen molar-refractivity contribution in [1.29, 1.82) is 0 Å². The zero-order chi connectivity index (χ0) is 14.4. The molecule has 4 heteroatoms. The maximum Gasteiger partial charge on any atom is 0.192 e. The van der Waals surface area contributed by atoms with Gasteiger partial charge in [0, 0.05) is 12.8 Å². The van der Waals surface area contributed by atoms with Crippen molar-refractivity contribution in [2.75, 3.05) is 6.61 Å². The summed E-state index contributed by atoms with van der Waals surface area (Å²) in [6.45, 7) is 12.7. The molecule has 18 heavy (non-hydrogen) atoms. The van der Waals surface area contributed by atoms with Gasteiger partial charge in [-0.25, -0.2) is 0 Å². The van der Waals surface area contributed by atoms with E-state index in [9.17, 15) is 4.79 Å². The van der Waals surface area contributed by atoms with Crippen molar-refractivity contribution in [2.24, 2.45) is 0 Å².